The van der Waals surface area contributed by atoms with Gasteiger partial charge in [0.1, 0.15) is 0 Å². The Labute approximate surface area is 119 Å². The quantitative estimate of drug-likeness (QED) is 0.613. The van der Waals surface area contributed by atoms with Crippen molar-refractivity contribution in [1.29, 1.82) is 0 Å². The molecule has 0 saturated heterocycles. The van der Waals surface area contributed by atoms with Crippen LogP contribution in [0.1, 0.15) is 33.3 Å². The van der Waals surface area contributed by atoms with Gasteiger partial charge in [0.2, 0.25) is 0 Å². The monoisotopic (exact) mass is 276 g/mol. The van der Waals surface area contributed by atoms with Crippen molar-refractivity contribution < 1.29 is 19.1 Å². The number of hydrogen-bond acceptors (Lipinski definition) is 4. The molecule has 0 amide bonds. The normalized spacial score (nSPS) is 11.6. The minimum absolute atomic E-state index is 0.199. The second-order valence-corrected chi connectivity index (χ2v) is 4.86. The van der Waals surface area contributed by atoms with E-state index in [2.05, 4.69) is 0 Å². The predicted octanol–water partition coefficient (Wildman–Crippen LogP) is 2.97. The lowest BCUT2D eigenvalue weighted by atomic mass is 10.1. The van der Waals surface area contributed by atoms with E-state index in [9.17, 15) is 9.59 Å². The average molecular weight is 276 g/mol. The summed E-state index contributed by atoms with van der Waals surface area (Å²) in [6.45, 7) is 7.01. The molecular weight excluding hydrogens is 256 g/mol. The highest BCUT2D eigenvalue weighted by molar-refractivity contribution is 6.20. The van der Waals surface area contributed by atoms with Gasteiger partial charge in [-0.3, -0.25) is 0 Å². The van der Waals surface area contributed by atoms with E-state index in [1.54, 1.807) is 52.0 Å². The topological polar surface area (TPSA) is 52.6 Å². The fourth-order valence-corrected chi connectivity index (χ4v) is 1.54. The summed E-state index contributed by atoms with van der Waals surface area (Å²) < 4.78 is 10.2. The fourth-order valence-electron chi connectivity index (χ4n) is 1.54. The molecule has 0 bridgehead atoms. The van der Waals surface area contributed by atoms with Crippen LogP contribution in [0.3, 0.4) is 0 Å². The lowest BCUT2D eigenvalue weighted by Gasteiger charge is -2.12. The largest absolute Gasteiger partial charge is 0.460 e. The van der Waals surface area contributed by atoms with E-state index in [-0.39, 0.29) is 17.8 Å². The van der Waals surface area contributed by atoms with Crippen LogP contribution in [0.5, 0.6) is 0 Å². The first kappa shape index (κ1) is 16.0. The average Bonchev–Trinajstić information content (AvgIpc) is 2.35. The highest BCUT2D eigenvalue weighted by Crippen LogP contribution is 2.17. The van der Waals surface area contributed by atoms with Crippen molar-refractivity contribution >= 4 is 17.5 Å². The van der Waals surface area contributed by atoms with E-state index in [0.717, 1.165) is 0 Å². The molecule has 0 N–H and O–H groups in total. The SMILES string of the molecule is CC(C)OC(=O)/C=C(/C(=O)OC(C)C)c1ccccc1. The first-order chi connectivity index (χ1) is 9.40. The van der Waals surface area contributed by atoms with E-state index >= 15 is 0 Å². The van der Waals surface area contributed by atoms with E-state index < -0.39 is 11.9 Å². The highest BCUT2D eigenvalue weighted by Gasteiger charge is 2.17. The molecule has 1 aromatic rings. The minimum Gasteiger partial charge on any atom is -0.460 e. The zero-order valence-electron chi connectivity index (χ0n) is 12.3. The van der Waals surface area contributed by atoms with Crippen molar-refractivity contribution in [3.8, 4) is 0 Å². The van der Waals surface area contributed by atoms with Crippen LogP contribution in [0, 0.1) is 0 Å². The second kappa shape index (κ2) is 7.48. The Morgan fingerprint density at radius 1 is 0.950 bits per heavy atom. The molecule has 0 atom stereocenters. The summed E-state index contributed by atoms with van der Waals surface area (Å²) in [7, 11) is 0. The number of hydrogen-bond donors (Lipinski definition) is 0. The summed E-state index contributed by atoms with van der Waals surface area (Å²) in [5, 5.41) is 0. The van der Waals surface area contributed by atoms with Crippen molar-refractivity contribution in [2.75, 3.05) is 0 Å². The lowest BCUT2D eigenvalue weighted by Crippen LogP contribution is -2.15. The van der Waals surface area contributed by atoms with Crippen LogP contribution in [0.25, 0.3) is 5.57 Å². The Morgan fingerprint density at radius 2 is 1.50 bits per heavy atom. The smallest absolute Gasteiger partial charge is 0.339 e. The maximum Gasteiger partial charge on any atom is 0.339 e. The molecule has 0 aliphatic carbocycles. The molecule has 108 valence electrons. The van der Waals surface area contributed by atoms with E-state index in [0.29, 0.717) is 5.56 Å². The molecule has 20 heavy (non-hydrogen) atoms. The minimum atomic E-state index is -0.556. The van der Waals surface area contributed by atoms with Gasteiger partial charge in [0.15, 0.2) is 0 Å². The van der Waals surface area contributed by atoms with Crippen molar-refractivity contribution in [3.05, 3.63) is 42.0 Å². The molecule has 1 rings (SSSR count). The number of carbonyl (C=O) groups excluding carboxylic acids is 2. The maximum atomic E-state index is 12.1. The van der Waals surface area contributed by atoms with E-state index in [1.807, 2.05) is 6.07 Å². The molecule has 0 aliphatic heterocycles. The molecule has 4 heteroatoms. The number of rotatable bonds is 5. The molecule has 0 spiro atoms. The van der Waals surface area contributed by atoms with Crippen LogP contribution < -0.4 is 0 Å². The van der Waals surface area contributed by atoms with Gasteiger partial charge >= 0.3 is 11.9 Å². The summed E-state index contributed by atoms with van der Waals surface area (Å²) in [5.74, 6) is -1.09. The molecule has 4 nitrogen and oxygen atoms in total. The number of esters is 2. The summed E-state index contributed by atoms with van der Waals surface area (Å²) in [6, 6.07) is 8.91. The van der Waals surface area contributed by atoms with Gasteiger partial charge in [0.25, 0.3) is 0 Å². The van der Waals surface area contributed by atoms with Crippen molar-refractivity contribution in [1.82, 2.24) is 0 Å². The van der Waals surface area contributed by atoms with Gasteiger partial charge in [-0.15, -0.1) is 0 Å². The van der Waals surface area contributed by atoms with Crippen LogP contribution >= 0.6 is 0 Å². The van der Waals surface area contributed by atoms with Crippen LogP contribution in [-0.4, -0.2) is 24.1 Å². The summed E-state index contributed by atoms with van der Waals surface area (Å²) in [4.78, 5) is 23.8. The fraction of sp³-hybridized carbons (Fsp3) is 0.375. The Bertz CT molecular complexity index is 486. The first-order valence-corrected chi connectivity index (χ1v) is 6.59. The molecule has 0 unspecified atom stereocenters. The van der Waals surface area contributed by atoms with Crippen molar-refractivity contribution in [2.24, 2.45) is 0 Å². The summed E-state index contributed by atoms with van der Waals surface area (Å²) in [5.41, 5.74) is 0.823. The summed E-state index contributed by atoms with van der Waals surface area (Å²) in [6.07, 6.45) is 0.688. The van der Waals surface area contributed by atoms with Gasteiger partial charge in [-0.05, 0) is 33.3 Å². The Kier molecular flexibility index (Phi) is 5.97. The van der Waals surface area contributed by atoms with Gasteiger partial charge in [0, 0.05) is 6.08 Å². The zero-order chi connectivity index (χ0) is 15.1. The van der Waals surface area contributed by atoms with Gasteiger partial charge < -0.3 is 9.47 Å². The van der Waals surface area contributed by atoms with Gasteiger partial charge in [-0.25, -0.2) is 9.59 Å². The third-order valence-electron chi connectivity index (χ3n) is 2.26. The van der Waals surface area contributed by atoms with Crippen LogP contribution in [0.15, 0.2) is 36.4 Å². The van der Waals surface area contributed by atoms with Crippen LogP contribution in [0.4, 0.5) is 0 Å². The van der Waals surface area contributed by atoms with Crippen LogP contribution in [-0.2, 0) is 19.1 Å². The Hall–Kier alpha value is -2.10. The summed E-state index contributed by atoms with van der Waals surface area (Å²) >= 11 is 0. The standard InChI is InChI=1S/C16H20O4/c1-11(2)19-15(17)10-14(16(18)20-12(3)4)13-8-6-5-7-9-13/h5-12H,1-4H3/b14-10+. The molecule has 0 radical (unpaired) electrons. The molecule has 0 saturated carbocycles. The number of benzene rings is 1. The third-order valence-corrected chi connectivity index (χ3v) is 2.26. The Balaban J connectivity index is 3.05. The predicted molar refractivity (Wildman–Crippen MR) is 76.9 cm³/mol. The van der Waals surface area contributed by atoms with E-state index in [4.69, 9.17) is 9.47 Å². The molecule has 0 fully saturated rings. The zero-order valence-corrected chi connectivity index (χ0v) is 12.3. The second-order valence-electron chi connectivity index (χ2n) is 4.86. The van der Waals surface area contributed by atoms with Crippen LogP contribution in [0.2, 0.25) is 0 Å². The molecule has 0 aromatic heterocycles. The third kappa shape index (κ3) is 5.26. The lowest BCUT2D eigenvalue weighted by molar-refractivity contribution is -0.143. The number of ether oxygens (including phenoxy) is 2. The maximum absolute atomic E-state index is 12.1. The molecule has 0 aliphatic rings. The van der Waals surface area contributed by atoms with Crippen molar-refractivity contribution in [3.63, 3.8) is 0 Å². The highest BCUT2D eigenvalue weighted by atomic mass is 16.5. The Morgan fingerprint density at radius 3 is 2.00 bits per heavy atom. The first-order valence-electron chi connectivity index (χ1n) is 6.59. The molecule has 0 heterocycles. The van der Waals surface area contributed by atoms with E-state index in [1.165, 1.54) is 6.08 Å². The van der Waals surface area contributed by atoms with Gasteiger partial charge in [0.05, 0.1) is 17.8 Å². The van der Waals surface area contributed by atoms with Crippen molar-refractivity contribution in [2.45, 2.75) is 39.9 Å². The van der Waals surface area contributed by atoms with Gasteiger partial charge in [-0.2, -0.15) is 0 Å². The van der Waals surface area contributed by atoms with Gasteiger partial charge in [-0.1, -0.05) is 30.3 Å². The molecular formula is C16H20O4. The number of carbonyl (C=O) groups is 2. The molecule has 1 aromatic carbocycles.